The molecule has 0 fully saturated rings. The van der Waals surface area contributed by atoms with Gasteiger partial charge in [0, 0.05) is 33.2 Å². The van der Waals surface area contributed by atoms with Gasteiger partial charge in [-0.1, -0.05) is 170 Å². The lowest BCUT2D eigenvalue weighted by molar-refractivity contribution is 1.07. The zero-order chi connectivity index (χ0) is 36.6. The maximum Gasteiger partial charge on any atom is 0.164 e. The summed E-state index contributed by atoms with van der Waals surface area (Å²) in [4.78, 5) is 14.8. The van der Waals surface area contributed by atoms with E-state index >= 15 is 0 Å². The van der Waals surface area contributed by atoms with Gasteiger partial charge in [-0.15, -0.1) is 0 Å². The van der Waals surface area contributed by atoms with Crippen molar-refractivity contribution in [3.05, 3.63) is 206 Å². The van der Waals surface area contributed by atoms with Crippen LogP contribution >= 0.6 is 0 Å². The summed E-state index contributed by atoms with van der Waals surface area (Å²) in [6.07, 6.45) is 0. The first-order chi connectivity index (χ1) is 27.3. The molecule has 0 aliphatic heterocycles. The molecule has 0 aliphatic carbocycles. The van der Waals surface area contributed by atoms with Gasteiger partial charge >= 0.3 is 0 Å². The molecule has 0 saturated carbocycles. The minimum absolute atomic E-state index is 0.639. The highest BCUT2D eigenvalue weighted by atomic mass is 15.0. The number of aromatic nitrogens is 4. The molecule has 0 aliphatic rings. The van der Waals surface area contributed by atoms with Crippen LogP contribution in [0.2, 0.25) is 0 Å². The van der Waals surface area contributed by atoms with Crippen molar-refractivity contribution in [1.82, 2.24) is 19.5 Å². The van der Waals surface area contributed by atoms with Gasteiger partial charge < -0.3 is 4.57 Å². The Balaban J connectivity index is 1.09. The lowest BCUT2D eigenvalue weighted by Crippen LogP contribution is -2.00. The number of fused-ring (bicyclic) bond motifs is 3. The van der Waals surface area contributed by atoms with Gasteiger partial charge in [-0.2, -0.15) is 0 Å². The molecule has 0 amide bonds. The Bertz CT molecular complexity index is 2880. The molecular formula is C51H34N4. The molecule has 55 heavy (non-hydrogen) atoms. The number of rotatable bonds is 7. The second-order valence-corrected chi connectivity index (χ2v) is 13.7. The van der Waals surface area contributed by atoms with E-state index in [0.29, 0.717) is 17.5 Å². The smallest absolute Gasteiger partial charge is 0.164 e. The molecule has 4 heteroatoms. The van der Waals surface area contributed by atoms with Gasteiger partial charge in [-0.3, -0.25) is 0 Å². The average molecular weight is 703 g/mol. The van der Waals surface area contributed by atoms with E-state index in [9.17, 15) is 0 Å². The van der Waals surface area contributed by atoms with Crippen molar-refractivity contribution in [1.29, 1.82) is 0 Å². The normalized spacial score (nSPS) is 11.3. The standard InChI is InChI=1S/C51H34N4/c1-5-16-35(17-6-1)42-33-45(37-18-7-2-8-19-37)48-44-26-13-14-27-46(44)55(47(48)34-42)43-30-28-36(29-31-43)40-24-15-25-41(32-40)51-53-49(38-20-9-3-10-21-38)52-50(54-51)39-22-11-4-12-23-39/h1-34H. The first-order valence-corrected chi connectivity index (χ1v) is 18.5. The third-order valence-electron chi connectivity index (χ3n) is 10.2. The van der Waals surface area contributed by atoms with Crippen molar-refractivity contribution >= 4 is 21.8 Å². The Morgan fingerprint density at radius 1 is 0.291 bits per heavy atom. The van der Waals surface area contributed by atoms with E-state index in [0.717, 1.165) is 33.5 Å². The molecule has 0 atom stereocenters. The molecule has 0 saturated heterocycles. The average Bonchev–Trinajstić information content (AvgIpc) is 3.61. The molecule has 8 aromatic carbocycles. The van der Waals surface area contributed by atoms with Crippen LogP contribution in [-0.2, 0) is 0 Å². The summed E-state index contributed by atoms with van der Waals surface area (Å²) < 4.78 is 2.41. The van der Waals surface area contributed by atoms with Crippen LogP contribution in [0.5, 0.6) is 0 Å². The first kappa shape index (κ1) is 32.2. The number of para-hydroxylation sites is 1. The van der Waals surface area contributed by atoms with Gasteiger partial charge in [0.25, 0.3) is 0 Å². The predicted octanol–water partition coefficient (Wildman–Crippen LogP) is 13.0. The monoisotopic (exact) mass is 702 g/mol. The van der Waals surface area contributed by atoms with Crippen LogP contribution < -0.4 is 0 Å². The van der Waals surface area contributed by atoms with Crippen molar-refractivity contribution in [2.75, 3.05) is 0 Å². The van der Waals surface area contributed by atoms with Crippen LogP contribution in [0.4, 0.5) is 0 Å². The Morgan fingerprint density at radius 3 is 1.38 bits per heavy atom. The molecule has 258 valence electrons. The highest BCUT2D eigenvalue weighted by Gasteiger charge is 2.19. The van der Waals surface area contributed by atoms with Gasteiger partial charge in [-0.25, -0.2) is 15.0 Å². The maximum atomic E-state index is 4.97. The topological polar surface area (TPSA) is 43.6 Å². The van der Waals surface area contributed by atoms with Crippen LogP contribution in [0, 0.1) is 0 Å². The highest BCUT2D eigenvalue weighted by molar-refractivity contribution is 6.17. The summed E-state index contributed by atoms with van der Waals surface area (Å²) in [5.41, 5.74) is 13.3. The zero-order valence-corrected chi connectivity index (χ0v) is 29.9. The predicted molar refractivity (Wildman–Crippen MR) is 227 cm³/mol. The Labute approximate surface area is 319 Å². The van der Waals surface area contributed by atoms with Gasteiger partial charge in [0.05, 0.1) is 11.0 Å². The summed E-state index contributed by atoms with van der Waals surface area (Å²) >= 11 is 0. The Morgan fingerprint density at radius 2 is 0.764 bits per heavy atom. The molecule has 4 nitrogen and oxygen atoms in total. The van der Waals surface area contributed by atoms with E-state index in [1.807, 2.05) is 60.7 Å². The quantitative estimate of drug-likeness (QED) is 0.166. The lowest BCUT2D eigenvalue weighted by Gasteiger charge is -2.13. The van der Waals surface area contributed by atoms with Crippen LogP contribution in [0.3, 0.4) is 0 Å². The number of nitrogens with zero attached hydrogens (tertiary/aromatic N) is 4. The third kappa shape index (κ3) is 6.06. The lowest BCUT2D eigenvalue weighted by atomic mass is 9.94. The summed E-state index contributed by atoms with van der Waals surface area (Å²) in [6, 6.07) is 72.4. The zero-order valence-electron chi connectivity index (χ0n) is 29.9. The molecule has 0 radical (unpaired) electrons. The molecule has 2 heterocycles. The van der Waals surface area contributed by atoms with E-state index in [-0.39, 0.29) is 0 Å². The second kappa shape index (κ2) is 13.8. The molecule has 10 aromatic rings. The largest absolute Gasteiger partial charge is 0.309 e. The fourth-order valence-electron chi connectivity index (χ4n) is 7.60. The summed E-state index contributed by atoms with van der Waals surface area (Å²) in [5, 5.41) is 2.48. The Kier molecular flexibility index (Phi) is 8.12. The van der Waals surface area contributed by atoms with Crippen molar-refractivity contribution < 1.29 is 0 Å². The first-order valence-electron chi connectivity index (χ1n) is 18.5. The molecule has 0 spiro atoms. The van der Waals surface area contributed by atoms with Gasteiger partial charge in [0.1, 0.15) is 0 Å². The van der Waals surface area contributed by atoms with Gasteiger partial charge in [0.15, 0.2) is 17.5 Å². The van der Waals surface area contributed by atoms with E-state index in [1.54, 1.807) is 0 Å². The third-order valence-corrected chi connectivity index (χ3v) is 10.2. The molecule has 10 rings (SSSR count). The van der Waals surface area contributed by atoms with Crippen molar-refractivity contribution in [2.45, 2.75) is 0 Å². The van der Waals surface area contributed by atoms with Crippen molar-refractivity contribution in [2.24, 2.45) is 0 Å². The van der Waals surface area contributed by atoms with E-state index in [1.165, 1.54) is 44.1 Å². The van der Waals surface area contributed by atoms with Crippen LogP contribution in [0.1, 0.15) is 0 Å². The molecular weight excluding hydrogens is 669 g/mol. The number of benzene rings is 8. The van der Waals surface area contributed by atoms with Crippen LogP contribution in [0.25, 0.3) is 95.0 Å². The van der Waals surface area contributed by atoms with Crippen molar-refractivity contribution in [3.63, 3.8) is 0 Å². The van der Waals surface area contributed by atoms with Crippen molar-refractivity contribution in [3.8, 4) is 73.2 Å². The molecule has 0 bridgehead atoms. The van der Waals surface area contributed by atoms with Crippen LogP contribution in [0.15, 0.2) is 206 Å². The number of hydrogen-bond acceptors (Lipinski definition) is 3. The van der Waals surface area contributed by atoms with E-state index < -0.39 is 0 Å². The van der Waals surface area contributed by atoms with Gasteiger partial charge in [-0.05, 0) is 69.8 Å². The van der Waals surface area contributed by atoms with Crippen LogP contribution in [-0.4, -0.2) is 19.5 Å². The molecule has 0 N–H and O–H groups in total. The fraction of sp³-hybridized carbons (Fsp3) is 0. The SMILES string of the molecule is c1ccc(-c2cc(-c3ccccc3)c3c4ccccc4n(-c4ccc(-c5cccc(-c6nc(-c7ccccc7)nc(-c7ccccc7)n6)c5)cc4)c3c2)cc1. The summed E-state index contributed by atoms with van der Waals surface area (Å²) in [7, 11) is 0. The second-order valence-electron chi connectivity index (χ2n) is 13.7. The molecule has 2 aromatic heterocycles. The maximum absolute atomic E-state index is 4.97. The van der Waals surface area contributed by atoms with E-state index in [4.69, 9.17) is 15.0 Å². The molecule has 0 unspecified atom stereocenters. The highest BCUT2D eigenvalue weighted by Crippen LogP contribution is 2.41. The number of hydrogen-bond donors (Lipinski definition) is 0. The summed E-state index contributed by atoms with van der Waals surface area (Å²) in [6.45, 7) is 0. The Hall–Kier alpha value is -7.43. The van der Waals surface area contributed by atoms with Gasteiger partial charge in [0.2, 0.25) is 0 Å². The van der Waals surface area contributed by atoms with E-state index in [2.05, 4.69) is 150 Å². The minimum Gasteiger partial charge on any atom is -0.309 e. The summed E-state index contributed by atoms with van der Waals surface area (Å²) in [5.74, 6) is 1.94. The minimum atomic E-state index is 0.639. The fourth-order valence-corrected chi connectivity index (χ4v) is 7.60.